The van der Waals surface area contributed by atoms with Crippen molar-refractivity contribution in [1.29, 1.82) is 0 Å². The van der Waals surface area contributed by atoms with E-state index in [-0.39, 0.29) is 13.2 Å². The summed E-state index contributed by atoms with van der Waals surface area (Å²) in [7, 11) is 0. The number of carbonyl (C=O) groups excluding carboxylic acids is 1. The molecule has 5 nitrogen and oxygen atoms in total. The third-order valence-electron chi connectivity index (χ3n) is 1.92. The van der Waals surface area contributed by atoms with E-state index in [1.54, 1.807) is 18.2 Å². The second-order valence-electron chi connectivity index (χ2n) is 3.28. The van der Waals surface area contributed by atoms with Gasteiger partial charge in [0.15, 0.2) is 6.29 Å². The standard InChI is InChI=1S/C12H15NO4/c1-2-6-16-11(14)8-17-10-5-3-4-9(7-10)12(13)15/h2-5,7,11,14H,1,6,8H2,(H2,13,15). The molecular formula is C12H15NO4. The smallest absolute Gasteiger partial charge is 0.248 e. The van der Waals surface area contributed by atoms with Crippen LogP contribution in [0.25, 0.3) is 0 Å². The Morgan fingerprint density at radius 1 is 1.59 bits per heavy atom. The first-order valence-corrected chi connectivity index (χ1v) is 5.06. The summed E-state index contributed by atoms with van der Waals surface area (Å²) >= 11 is 0. The molecule has 1 rings (SSSR count). The molecule has 0 heterocycles. The summed E-state index contributed by atoms with van der Waals surface area (Å²) in [6.45, 7) is 3.66. The zero-order valence-electron chi connectivity index (χ0n) is 9.33. The molecule has 1 aromatic rings. The number of hydrogen-bond acceptors (Lipinski definition) is 4. The minimum absolute atomic E-state index is 0.0317. The van der Waals surface area contributed by atoms with Crippen LogP contribution in [0.3, 0.4) is 0 Å². The number of rotatable bonds is 7. The lowest BCUT2D eigenvalue weighted by molar-refractivity contribution is -0.110. The van der Waals surface area contributed by atoms with Crippen molar-refractivity contribution >= 4 is 5.91 Å². The summed E-state index contributed by atoms with van der Waals surface area (Å²) in [5.41, 5.74) is 5.48. The van der Waals surface area contributed by atoms with Crippen LogP contribution in [0.4, 0.5) is 0 Å². The van der Waals surface area contributed by atoms with Crippen LogP contribution in [-0.4, -0.2) is 30.5 Å². The van der Waals surface area contributed by atoms with Crippen LogP contribution >= 0.6 is 0 Å². The van der Waals surface area contributed by atoms with Gasteiger partial charge in [-0.2, -0.15) is 0 Å². The zero-order valence-corrected chi connectivity index (χ0v) is 9.33. The van der Waals surface area contributed by atoms with Crippen LogP contribution in [-0.2, 0) is 4.74 Å². The van der Waals surface area contributed by atoms with Crippen LogP contribution in [0.5, 0.6) is 5.75 Å². The van der Waals surface area contributed by atoms with Crippen LogP contribution in [0, 0.1) is 0 Å². The molecule has 1 amide bonds. The minimum Gasteiger partial charge on any atom is -0.488 e. The van der Waals surface area contributed by atoms with E-state index in [9.17, 15) is 9.90 Å². The number of hydrogen-bond donors (Lipinski definition) is 2. The summed E-state index contributed by atoms with van der Waals surface area (Å²) < 4.78 is 10.2. The van der Waals surface area contributed by atoms with Gasteiger partial charge in [0.1, 0.15) is 12.4 Å². The predicted octanol–water partition coefficient (Wildman–Crippen LogP) is 0.685. The molecule has 0 saturated heterocycles. The van der Waals surface area contributed by atoms with Gasteiger partial charge in [0.05, 0.1) is 6.61 Å². The van der Waals surface area contributed by atoms with Crippen molar-refractivity contribution in [3.63, 3.8) is 0 Å². The lowest BCUT2D eigenvalue weighted by Gasteiger charge is -2.12. The number of primary amides is 1. The highest BCUT2D eigenvalue weighted by Gasteiger charge is 2.06. The number of ether oxygens (including phenoxy) is 2. The highest BCUT2D eigenvalue weighted by molar-refractivity contribution is 5.93. The van der Waals surface area contributed by atoms with Gasteiger partial charge in [-0.25, -0.2) is 0 Å². The molecule has 0 fully saturated rings. The predicted molar refractivity (Wildman–Crippen MR) is 62.6 cm³/mol. The molecule has 1 unspecified atom stereocenters. The summed E-state index contributed by atoms with van der Waals surface area (Å²) in [5, 5.41) is 9.33. The first-order valence-electron chi connectivity index (χ1n) is 5.06. The number of amides is 1. The number of benzene rings is 1. The number of aliphatic hydroxyl groups excluding tert-OH is 1. The van der Waals surface area contributed by atoms with E-state index in [0.717, 1.165) is 0 Å². The Kier molecular flexibility index (Phi) is 5.19. The largest absolute Gasteiger partial charge is 0.488 e. The van der Waals surface area contributed by atoms with E-state index in [2.05, 4.69) is 6.58 Å². The van der Waals surface area contributed by atoms with Crippen LogP contribution in [0.1, 0.15) is 10.4 Å². The van der Waals surface area contributed by atoms with Crippen molar-refractivity contribution < 1.29 is 19.4 Å². The first kappa shape index (κ1) is 13.2. The Hall–Kier alpha value is -1.85. The third-order valence-corrected chi connectivity index (χ3v) is 1.92. The van der Waals surface area contributed by atoms with Crippen molar-refractivity contribution in [3.8, 4) is 5.75 Å². The van der Waals surface area contributed by atoms with E-state index in [1.165, 1.54) is 12.1 Å². The zero-order chi connectivity index (χ0) is 12.7. The van der Waals surface area contributed by atoms with Crippen molar-refractivity contribution in [3.05, 3.63) is 42.5 Å². The highest BCUT2D eigenvalue weighted by atomic mass is 16.6. The molecule has 0 aliphatic heterocycles. The maximum atomic E-state index is 10.9. The Bertz CT molecular complexity index is 392. The molecule has 0 bridgehead atoms. The molecule has 92 valence electrons. The van der Waals surface area contributed by atoms with Crippen LogP contribution in [0.2, 0.25) is 0 Å². The monoisotopic (exact) mass is 237 g/mol. The molecule has 0 aromatic heterocycles. The molecule has 5 heteroatoms. The lowest BCUT2D eigenvalue weighted by atomic mass is 10.2. The highest BCUT2D eigenvalue weighted by Crippen LogP contribution is 2.13. The molecule has 3 N–H and O–H groups in total. The molecule has 0 aliphatic carbocycles. The number of nitrogens with two attached hydrogens (primary N) is 1. The average molecular weight is 237 g/mol. The van der Waals surface area contributed by atoms with Gasteiger partial charge in [0, 0.05) is 5.56 Å². The molecular weight excluding hydrogens is 222 g/mol. The molecule has 17 heavy (non-hydrogen) atoms. The average Bonchev–Trinajstić information content (AvgIpc) is 2.34. The summed E-state index contributed by atoms with van der Waals surface area (Å²) in [6, 6.07) is 6.39. The van der Waals surface area contributed by atoms with Gasteiger partial charge in [-0.3, -0.25) is 4.79 Å². The van der Waals surface area contributed by atoms with E-state index in [4.69, 9.17) is 15.2 Å². The second-order valence-corrected chi connectivity index (χ2v) is 3.28. The Morgan fingerprint density at radius 3 is 3.00 bits per heavy atom. The summed E-state index contributed by atoms with van der Waals surface area (Å²) in [5.74, 6) is -0.0820. The van der Waals surface area contributed by atoms with E-state index < -0.39 is 12.2 Å². The molecule has 0 aliphatic rings. The Labute approximate surface area is 99.5 Å². The second kappa shape index (κ2) is 6.67. The van der Waals surface area contributed by atoms with Gasteiger partial charge in [-0.15, -0.1) is 6.58 Å². The van der Waals surface area contributed by atoms with E-state index in [1.807, 2.05) is 0 Å². The van der Waals surface area contributed by atoms with E-state index in [0.29, 0.717) is 11.3 Å². The minimum atomic E-state index is -1.04. The first-order chi connectivity index (χ1) is 8.13. The lowest BCUT2D eigenvalue weighted by Crippen LogP contribution is -2.21. The molecule has 0 spiro atoms. The topological polar surface area (TPSA) is 81.8 Å². The van der Waals surface area contributed by atoms with E-state index >= 15 is 0 Å². The van der Waals surface area contributed by atoms with Crippen LogP contribution < -0.4 is 10.5 Å². The van der Waals surface area contributed by atoms with Crippen LogP contribution in [0.15, 0.2) is 36.9 Å². The number of carbonyl (C=O) groups is 1. The SMILES string of the molecule is C=CCOC(O)COc1cccc(C(N)=O)c1. The van der Waals surface area contributed by atoms with Crippen molar-refractivity contribution in [1.82, 2.24) is 0 Å². The van der Waals surface area contributed by atoms with Crippen molar-refractivity contribution in [2.75, 3.05) is 13.2 Å². The Morgan fingerprint density at radius 2 is 2.35 bits per heavy atom. The van der Waals surface area contributed by atoms with Gasteiger partial charge in [0.2, 0.25) is 5.91 Å². The molecule has 1 aromatic carbocycles. The fraction of sp³-hybridized carbons (Fsp3) is 0.250. The third kappa shape index (κ3) is 4.67. The van der Waals surface area contributed by atoms with Crippen molar-refractivity contribution in [2.45, 2.75) is 6.29 Å². The fourth-order valence-electron chi connectivity index (χ4n) is 1.13. The maximum absolute atomic E-state index is 10.9. The quantitative estimate of drug-likeness (QED) is 0.540. The number of aliphatic hydroxyl groups is 1. The molecule has 0 radical (unpaired) electrons. The van der Waals surface area contributed by atoms with Gasteiger partial charge in [0.25, 0.3) is 0 Å². The summed E-state index contributed by atoms with van der Waals surface area (Å²) in [4.78, 5) is 10.9. The molecule has 1 atom stereocenters. The van der Waals surface area contributed by atoms with Gasteiger partial charge >= 0.3 is 0 Å². The van der Waals surface area contributed by atoms with Gasteiger partial charge in [-0.1, -0.05) is 12.1 Å². The normalized spacial score (nSPS) is 11.8. The van der Waals surface area contributed by atoms with Crippen molar-refractivity contribution in [2.24, 2.45) is 5.73 Å². The van der Waals surface area contributed by atoms with Gasteiger partial charge in [-0.05, 0) is 18.2 Å². The molecule has 0 saturated carbocycles. The maximum Gasteiger partial charge on any atom is 0.248 e. The Balaban J connectivity index is 2.48. The fourth-order valence-corrected chi connectivity index (χ4v) is 1.13. The van der Waals surface area contributed by atoms with Gasteiger partial charge < -0.3 is 20.3 Å². The summed E-state index contributed by atoms with van der Waals surface area (Å²) in [6.07, 6.45) is 0.488.